The van der Waals surface area contributed by atoms with E-state index in [0.29, 0.717) is 11.1 Å². The van der Waals surface area contributed by atoms with Crippen LogP contribution in [0, 0.1) is 0 Å². The summed E-state index contributed by atoms with van der Waals surface area (Å²) in [5.41, 5.74) is 6.72. The van der Waals surface area contributed by atoms with E-state index < -0.39 is 0 Å². The van der Waals surface area contributed by atoms with Crippen molar-refractivity contribution in [2.75, 3.05) is 0 Å². The number of hydrogen-bond donors (Lipinski definition) is 0. The van der Waals surface area contributed by atoms with Crippen LogP contribution >= 0.6 is 0 Å². The Bertz CT molecular complexity index is 2510. The molecule has 0 bridgehead atoms. The van der Waals surface area contributed by atoms with Gasteiger partial charge >= 0.3 is 0 Å². The van der Waals surface area contributed by atoms with Crippen molar-refractivity contribution in [1.29, 1.82) is 0 Å². The van der Waals surface area contributed by atoms with Crippen LogP contribution in [0.4, 0.5) is 0 Å². The molecule has 192 valence electrons. The maximum atomic E-state index is 9.32. The summed E-state index contributed by atoms with van der Waals surface area (Å²) in [7, 11) is 0. The predicted octanol–water partition coefficient (Wildman–Crippen LogP) is 11.4. The summed E-state index contributed by atoms with van der Waals surface area (Å²) in [5, 5.41) is 8.64. The standard InChI is InChI=1S/C41H28/c1-41(2)36-12-4-3-9-32(36)34-11-6-10-33-31(23-24-37(41)40(33)34)26-15-13-25(14-16-26)30-21-19-29-18-17-27-7-5-8-28-20-22-35(30)39(29)38(27)28/h3-24H,1-2H3/i13D,14D,15D,16D. The SMILES string of the molecule is [2H]c1c([2H])c(-c2ccc3ccc4cccc5ccc2c3c45)c([2H])c([2H])c1-c1ccc2c3c(cccc13)-c1ccccc1C2(C)C. The van der Waals surface area contributed by atoms with E-state index in [1.165, 1.54) is 16.7 Å². The highest BCUT2D eigenvalue weighted by Gasteiger charge is 2.33. The number of hydrogen-bond acceptors (Lipinski definition) is 0. The van der Waals surface area contributed by atoms with Crippen molar-refractivity contribution in [3.8, 4) is 33.4 Å². The molecule has 0 nitrogen and oxygen atoms in total. The van der Waals surface area contributed by atoms with Crippen LogP contribution in [0.3, 0.4) is 0 Å². The lowest BCUT2D eigenvalue weighted by molar-refractivity contribution is 0.645. The van der Waals surface area contributed by atoms with Gasteiger partial charge in [0.25, 0.3) is 0 Å². The Morgan fingerprint density at radius 1 is 0.415 bits per heavy atom. The normalized spacial score (nSPS) is 15.2. The van der Waals surface area contributed by atoms with Crippen LogP contribution in [0.1, 0.15) is 30.5 Å². The molecule has 0 unspecified atom stereocenters. The van der Waals surface area contributed by atoms with Crippen LogP contribution < -0.4 is 0 Å². The number of rotatable bonds is 2. The smallest absolute Gasteiger partial charge is 0.0619 e. The van der Waals surface area contributed by atoms with Crippen molar-refractivity contribution in [2.45, 2.75) is 19.3 Å². The van der Waals surface area contributed by atoms with Crippen molar-refractivity contribution in [2.24, 2.45) is 0 Å². The molecule has 0 atom stereocenters. The van der Waals surface area contributed by atoms with Gasteiger partial charge in [0.05, 0.1) is 5.48 Å². The van der Waals surface area contributed by atoms with E-state index in [1.807, 2.05) is 24.3 Å². The topological polar surface area (TPSA) is 0 Å². The monoisotopic (exact) mass is 524 g/mol. The van der Waals surface area contributed by atoms with Gasteiger partial charge in [0, 0.05) is 5.41 Å². The minimum Gasteiger partial charge on any atom is -0.0619 e. The molecule has 0 fully saturated rings. The molecule has 0 saturated heterocycles. The number of fused-ring (bicyclic) bond motifs is 2. The van der Waals surface area contributed by atoms with Gasteiger partial charge < -0.3 is 0 Å². The lowest BCUT2D eigenvalue weighted by atomic mass is 9.68. The highest BCUT2D eigenvalue weighted by atomic mass is 14.4. The summed E-state index contributed by atoms with van der Waals surface area (Å²) in [6.45, 7) is 4.49. The molecule has 0 N–H and O–H groups in total. The van der Waals surface area contributed by atoms with E-state index in [2.05, 4.69) is 98.8 Å². The molecule has 1 aliphatic rings. The Labute approximate surface area is 245 Å². The van der Waals surface area contributed by atoms with E-state index in [4.69, 9.17) is 0 Å². The summed E-state index contributed by atoms with van der Waals surface area (Å²) in [6.07, 6.45) is 0. The Morgan fingerprint density at radius 2 is 0.976 bits per heavy atom. The summed E-state index contributed by atoms with van der Waals surface area (Å²) >= 11 is 0. The van der Waals surface area contributed by atoms with Crippen molar-refractivity contribution >= 4 is 43.1 Å². The zero-order chi connectivity index (χ0) is 30.8. The Kier molecular flexibility index (Phi) is 3.77. The second-order valence-electron chi connectivity index (χ2n) is 11.8. The molecule has 0 aromatic heterocycles. The van der Waals surface area contributed by atoms with Gasteiger partial charge in [-0.2, -0.15) is 0 Å². The Hall–Kier alpha value is -4.94. The van der Waals surface area contributed by atoms with Crippen molar-refractivity contribution in [3.05, 3.63) is 144 Å². The molecule has 8 aromatic rings. The van der Waals surface area contributed by atoms with Crippen molar-refractivity contribution in [1.82, 2.24) is 0 Å². The maximum Gasteiger partial charge on any atom is 0.0629 e. The first-order valence-corrected chi connectivity index (χ1v) is 14.2. The molecule has 9 rings (SSSR count). The van der Waals surface area contributed by atoms with E-state index in [9.17, 15) is 5.48 Å². The second kappa shape index (κ2) is 8.05. The zero-order valence-corrected chi connectivity index (χ0v) is 22.9. The van der Waals surface area contributed by atoms with Gasteiger partial charge in [-0.15, -0.1) is 0 Å². The Balaban J connectivity index is 1.32. The maximum absolute atomic E-state index is 9.32. The summed E-state index contributed by atoms with van der Waals surface area (Å²) in [5.74, 6) is 0. The molecule has 0 heteroatoms. The Morgan fingerprint density at radius 3 is 1.73 bits per heavy atom. The molecule has 0 heterocycles. The lowest BCUT2D eigenvalue weighted by Gasteiger charge is -2.35. The third-order valence-electron chi connectivity index (χ3n) is 9.30. The highest BCUT2D eigenvalue weighted by Crippen LogP contribution is 2.50. The molecular weight excluding hydrogens is 492 g/mol. The number of benzene rings is 8. The van der Waals surface area contributed by atoms with Gasteiger partial charge in [0.15, 0.2) is 0 Å². The summed E-state index contributed by atoms with van der Waals surface area (Å²) < 4.78 is 37.3. The van der Waals surface area contributed by atoms with E-state index >= 15 is 0 Å². The molecule has 41 heavy (non-hydrogen) atoms. The third kappa shape index (κ3) is 3.05. The van der Waals surface area contributed by atoms with E-state index in [-0.39, 0.29) is 29.6 Å². The van der Waals surface area contributed by atoms with Crippen LogP contribution in [0.2, 0.25) is 0 Å². The van der Waals surface area contributed by atoms with E-state index in [1.54, 1.807) is 0 Å². The highest BCUT2D eigenvalue weighted by molar-refractivity contribution is 6.25. The quantitative estimate of drug-likeness (QED) is 0.197. The largest absolute Gasteiger partial charge is 0.0629 e. The fourth-order valence-electron chi connectivity index (χ4n) is 7.31. The second-order valence-corrected chi connectivity index (χ2v) is 11.8. The molecule has 0 aliphatic heterocycles. The zero-order valence-electron chi connectivity index (χ0n) is 26.9. The summed E-state index contributed by atoms with van der Waals surface area (Å²) in [6, 6.07) is 37.5. The average Bonchev–Trinajstić information content (AvgIpc) is 3.06. The van der Waals surface area contributed by atoms with Crippen LogP contribution in [-0.4, -0.2) is 0 Å². The average molecular weight is 525 g/mol. The molecular formula is C41H28. The lowest BCUT2D eigenvalue weighted by Crippen LogP contribution is -2.23. The van der Waals surface area contributed by atoms with E-state index in [0.717, 1.165) is 59.8 Å². The van der Waals surface area contributed by atoms with Crippen molar-refractivity contribution < 1.29 is 5.48 Å². The molecule has 8 aromatic carbocycles. The summed E-state index contributed by atoms with van der Waals surface area (Å²) in [4.78, 5) is 0. The fourth-order valence-corrected chi connectivity index (χ4v) is 7.31. The van der Waals surface area contributed by atoms with Crippen LogP contribution in [-0.2, 0) is 5.41 Å². The van der Waals surface area contributed by atoms with Gasteiger partial charge in [0.2, 0.25) is 0 Å². The molecule has 0 spiro atoms. The first-order chi connectivity index (χ1) is 21.8. The fraction of sp³-hybridized carbons (Fsp3) is 0.0732. The first kappa shape index (κ1) is 19.2. The van der Waals surface area contributed by atoms with Crippen LogP contribution in [0.15, 0.2) is 133 Å². The minimum absolute atomic E-state index is 0.0205. The van der Waals surface area contributed by atoms with Gasteiger partial charge in [0.1, 0.15) is 0 Å². The molecule has 0 radical (unpaired) electrons. The van der Waals surface area contributed by atoms with Crippen LogP contribution in [0.25, 0.3) is 76.5 Å². The third-order valence-corrected chi connectivity index (χ3v) is 9.30. The predicted molar refractivity (Wildman–Crippen MR) is 176 cm³/mol. The minimum atomic E-state index is -0.227. The molecule has 0 saturated carbocycles. The van der Waals surface area contributed by atoms with Gasteiger partial charge in [-0.3, -0.25) is 0 Å². The molecule has 0 amide bonds. The van der Waals surface area contributed by atoms with Crippen molar-refractivity contribution in [3.63, 3.8) is 0 Å². The van der Waals surface area contributed by atoms with Gasteiger partial charge in [-0.05, 0) is 87.6 Å². The van der Waals surface area contributed by atoms with Crippen LogP contribution in [0.5, 0.6) is 0 Å². The van der Waals surface area contributed by atoms with Gasteiger partial charge in [-0.25, -0.2) is 0 Å². The van der Waals surface area contributed by atoms with Gasteiger partial charge in [-0.1, -0.05) is 147 Å². The first-order valence-electron chi connectivity index (χ1n) is 16.2. The molecule has 1 aliphatic carbocycles.